The van der Waals surface area contributed by atoms with Crippen molar-refractivity contribution in [3.05, 3.63) is 21.9 Å². The highest BCUT2D eigenvalue weighted by atomic mass is 32.1. The summed E-state index contributed by atoms with van der Waals surface area (Å²) in [6, 6.07) is 4.12. The lowest BCUT2D eigenvalue weighted by Gasteiger charge is -2.20. The Morgan fingerprint density at radius 3 is 2.78 bits per heavy atom. The first-order chi connectivity index (χ1) is 8.50. The molecule has 102 valence electrons. The summed E-state index contributed by atoms with van der Waals surface area (Å²) in [6.45, 7) is 7.16. The van der Waals surface area contributed by atoms with Gasteiger partial charge < -0.3 is 15.3 Å². The van der Waals surface area contributed by atoms with Crippen LogP contribution in [0.15, 0.2) is 12.1 Å². The number of hydrogen-bond acceptors (Lipinski definition) is 4. The Labute approximate surface area is 113 Å². The predicted octanol–water partition coefficient (Wildman–Crippen LogP) is 2.27. The first-order valence-electron chi connectivity index (χ1n) is 6.23. The second kappa shape index (κ2) is 7.51. The molecular formula is C13H22N2O2S. The number of thiophene rings is 1. The van der Waals surface area contributed by atoms with Crippen molar-refractivity contribution in [2.45, 2.75) is 32.9 Å². The highest BCUT2D eigenvalue weighted by molar-refractivity contribution is 7.13. The number of nitrogens with one attached hydrogen (secondary N) is 1. The van der Waals surface area contributed by atoms with Crippen molar-refractivity contribution in [3.8, 4) is 0 Å². The van der Waals surface area contributed by atoms with Gasteiger partial charge in [-0.3, -0.25) is 0 Å². The Hall–Kier alpha value is -0.910. The van der Waals surface area contributed by atoms with Crippen LogP contribution in [-0.4, -0.2) is 42.2 Å². The van der Waals surface area contributed by atoms with Gasteiger partial charge in [0, 0.05) is 17.5 Å². The van der Waals surface area contributed by atoms with E-state index in [2.05, 4.69) is 31.1 Å². The molecule has 18 heavy (non-hydrogen) atoms. The zero-order valence-electron chi connectivity index (χ0n) is 11.3. The zero-order valence-corrected chi connectivity index (χ0v) is 12.1. The highest BCUT2D eigenvalue weighted by Crippen LogP contribution is 2.15. The molecule has 0 saturated carbocycles. The molecule has 0 bridgehead atoms. The average molecular weight is 270 g/mol. The van der Waals surface area contributed by atoms with Crippen LogP contribution >= 0.6 is 11.3 Å². The van der Waals surface area contributed by atoms with Crippen LogP contribution in [0.5, 0.6) is 0 Å². The van der Waals surface area contributed by atoms with Crippen LogP contribution in [0.3, 0.4) is 0 Å². The number of nitrogens with zero attached hydrogens (tertiary/aromatic N) is 1. The fraction of sp³-hybridized carbons (Fsp3) is 0.615. The summed E-state index contributed by atoms with van der Waals surface area (Å²) in [6.07, 6.45) is 1.10. The molecule has 0 unspecified atom stereocenters. The average Bonchev–Trinajstić information content (AvgIpc) is 2.77. The number of rotatable bonds is 8. The molecule has 0 aliphatic rings. The van der Waals surface area contributed by atoms with Crippen LogP contribution in [0.4, 0.5) is 0 Å². The topological polar surface area (TPSA) is 52.6 Å². The maximum Gasteiger partial charge on any atom is 0.345 e. The number of carboxylic acid groups (broad SMARTS) is 1. The molecule has 1 aromatic rings. The number of aromatic carboxylic acids is 1. The van der Waals surface area contributed by atoms with E-state index in [0.717, 1.165) is 30.9 Å². The molecule has 0 aliphatic heterocycles. The van der Waals surface area contributed by atoms with Crippen LogP contribution in [-0.2, 0) is 6.54 Å². The van der Waals surface area contributed by atoms with E-state index in [-0.39, 0.29) is 0 Å². The van der Waals surface area contributed by atoms with E-state index in [0.29, 0.717) is 10.9 Å². The minimum Gasteiger partial charge on any atom is -0.477 e. The Morgan fingerprint density at radius 2 is 2.22 bits per heavy atom. The fourth-order valence-electron chi connectivity index (χ4n) is 1.51. The Bertz CT molecular complexity index is 377. The third-order valence-electron chi connectivity index (χ3n) is 2.92. The molecular weight excluding hydrogens is 248 g/mol. The first kappa shape index (κ1) is 15.1. The van der Waals surface area contributed by atoms with Crippen molar-refractivity contribution in [3.63, 3.8) is 0 Å². The van der Waals surface area contributed by atoms with Crippen molar-refractivity contribution in [2.75, 3.05) is 20.1 Å². The van der Waals surface area contributed by atoms with Crippen molar-refractivity contribution < 1.29 is 9.90 Å². The Balaban J connectivity index is 2.16. The maximum absolute atomic E-state index is 10.7. The largest absolute Gasteiger partial charge is 0.477 e. The lowest BCUT2D eigenvalue weighted by Crippen LogP contribution is -2.29. The fourth-order valence-corrected chi connectivity index (χ4v) is 2.33. The number of carboxylic acids is 1. The lowest BCUT2D eigenvalue weighted by molar-refractivity contribution is 0.0702. The molecule has 0 aliphatic carbocycles. The van der Waals surface area contributed by atoms with E-state index in [1.54, 1.807) is 6.07 Å². The maximum atomic E-state index is 10.7. The molecule has 1 aromatic heterocycles. The normalized spacial score (nSPS) is 11.4. The summed E-state index contributed by atoms with van der Waals surface area (Å²) in [5, 5.41) is 12.1. The van der Waals surface area contributed by atoms with Gasteiger partial charge in [-0.2, -0.15) is 0 Å². The molecule has 0 atom stereocenters. The third-order valence-corrected chi connectivity index (χ3v) is 3.99. The van der Waals surface area contributed by atoms with E-state index < -0.39 is 5.97 Å². The van der Waals surface area contributed by atoms with E-state index in [1.165, 1.54) is 11.3 Å². The van der Waals surface area contributed by atoms with Gasteiger partial charge >= 0.3 is 5.97 Å². The van der Waals surface area contributed by atoms with Gasteiger partial charge in [-0.25, -0.2) is 4.79 Å². The summed E-state index contributed by atoms with van der Waals surface area (Å²) in [4.78, 5) is 14.5. The quantitative estimate of drug-likeness (QED) is 0.712. The summed E-state index contributed by atoms with van der Waals surface area (Å²) in [7, 11) is 2.13. The van der Waals surface area contributed by atoms with Crippen molar-refractivity contribution in [2.24, 2.45) is 0 Å². The predicted molar refractivity (Wildman–Crippen MR) is 75.4 cm³/mol. The molecule has 2 N–H and O–H groups in total. The van der Waals surface area contributed by atoms with Crippen LogP contribution in [0.1, 0.15) is 34.8 Å². The van der Waals surface area contributed by atoms with Gasteiger partial charge in [-0.15, -0.1) is 11.3 Å². The summed E-state index contributed by atoms with van der Waals surface area (Å²) >= 11 is 1.34. The van der Waals surface area contributed by atoms with Gasteiger partial charge in [0.2, 0.25) is 0 Å². The highest BCUT2D eigenvalue weighted by Gasteiger charge is 2.06. The van der Waals surface area contributed by atoms with Crippen molar-refractivity contribution in [1.82, 2.24) is 10.2 Å². The van der Waals surface area contributed by atoms with Crippen LogP contribution in [0.25, 0.3) is 0 Å². The molecule has 5 heteroatoms. The number of carbonyl (C=O) groups is 1. The zero-order chi connectivity index (χ0) is 13.5. The Morgan fingerprint density at radius 1 is 1.50 bits per heavy atom. The molecule has 1 rings (SSSR count). The monoisotopic (exact) mass is 270 g/mol. The molecule has 0 saturated heterocycles. The molecule has 0 radical (unpaired) electrons. The van der Waals surface area contributed by atoms with Gasteiger partial charge in [0.25, 0.3) is 0 Å². The smallest absolute Gasteiger partial charge is 0.345 e. The van der Waals surface area contributed by atoms with E-state index in [1.807, 2.05) is 6.07 Å². The van der Waals surface area contributed by atoms with Crippen LogP contribution in [0.2, 0.25) is 0 Å². The number of hydrogen-bond donors (Lipinski definition) is 2. The van der Waals surface area contributed by atoms with Gasteiger partial charge in [0.05, 0.1) is 0 Å². The minimum atomic E-state index is -0.843. The third kappa shape index (κ3) is 5.16. The molecule has 1 heterocycles. The van der Waals surface area contributed by atoms with Gasteiger partial charge in [-0.1, -0.05) is 0 Å². The van der Waals surface area contributed by atoms with Crippen molar-refractivity contribution >= 4 is 17.3 Å². The minimum absolute atomic E-state index is 0.409. The summed E-state index contributed by atoms with van der Waals surface area (Å²) in [5.41, 5.74) is 0. The lowest BCUT2D eigenvalue weighted by atomic mass is 10.3. The molecule has 0 fully saturated rings. The summed E-state index contributed by atoms with van der Waals surface area (Å²) in [5.74, 6) is -0.843. The van der Waals surface area contributed by atoms with Gasteiger partial charge in [-0.05, 0) is 52.5 Å². The second-order valence-corrected chi connectivity index (χ2v) is 5.84. The molecule has 4 nitrogen and oxygen atoms in total. The van der Waals surface area contributed by atoms with Gasteiger partial charge in [0.15, 0.2) is 0 Å². The van der Waals surface area contributed by atoms with Crippen LogP contribution in [0, 0.1) is 0 Å². The first-order valence-corrected chi connectivity index (χ1v) is 7.05. The van der Waals surface area contributed by atoms with E-state index in [9.17, 15) is 4.79 Å². The van der Waals surface area contributed by atoms with Gasteiger partial charge in [0.1, 0.15) is 4.88 Å². The summed E-state index contributed by atoms with van der Waals surface area (Å²) < 4.78 is 0. The van der Waals surface area contributed by atoms with E-state index >= 15 is 0 Å². The standard InChI is InChI=1S/C13H22N2O2S/c1-10(2)15(3)8-4-7-14-9-11-5-6-12(18-11)13(16)17/h5-6,10,14H,4,7-9H2,1-3H3,(H,16,17). The molecule has 0 amide bonds. The van der Waals surface area contributed by atoms with E-state index in [4.69, 9.17) is 5.11 Å². The van der Waals surface area contributed by atoms with Crippen LogP contribution < -0.4 is 5.32 Å². The molecule has 0 spiro atoms. The molecule has 0 aromatic carbocycles. The SMILES string of the molecule is CC(C)N(C)CCCNCc1ccc(C(=O)O)s1. The second-order valence-electron chi connectivity index (χ2n) is 4.68. The Kier molecular flexibility index (Phi) is 6.32. The van der Waals surface area contributed by atoms with Crippen molar-refractivity contribution in [1.29, 1.82) is 0 Å².